The number of aromatic nitrogens is 2. The van der Waals surface area contributed by atoms with E-state index in [9.17, 15) is 13.2 Å². The molecule has 0 spiro atoms. The topological polar surface area (TPSA) is 81.1 Å². The number of hydrogen-bond acceptors (Lipinski definition) is 4. The van der Waals surface area contributed by atoms with Crippen molar-refractivity contribution in [3.63, 3.8) is 0 Å². The smallest absolute Gasteiger partial charge is 0.264 e. The van der Waals surface area contributed by atoms with Crippen molar-refractivity contribution >= 4 is 27.5 Å². The molecule has 0 fully saturated rings. The Morgan fingerprint density at radius 1 is 1.08 bits per heavy atom. The van der Waals surface area contributed by atoms with Crippen LogP contribution in [0.25, 0.3) is 0 Å². The molecule has 8 heteroatoms. The Morgan fingerprint density at radius 2 is 1.76 bits per heavy atom. The van der Waals surface area contributed by atoms with E-state index in [1.165, 1.54) is 24.3 Å². The van der Waals surface area contributed by atoms with Crippen molar-refractivity contribution in [3.05, 3.63) is 83.1 Å². The molecule has 0 saturated carbocycles. The second kappa shape index (κ2) is 7.08. The molecule has 3 aromatic rings. The van der Waals surface area contributed by atoms with Gasteiger partial charge in [-0.1, -0.05) is 23.7 Å². The first-order valence-corrected chi connectivity index (χ1v) is 9.19. The summed E-state index contributed by atoms with van der Waals surface area (Å²) in [4.78, 5) is 12.2. The van der Waals surface area contributed by atoms with E-state index in [2.05, 4.69) is 5.10 Å². The van der Waals surface area contributed by atoms with E-state index in [1.54, 1.807) is 35.1 Å². The van der Waals surface area contributed by atoms with Crippen LogP contribution < -0.4 is 4.72 Å². The van der Waals surface area contributed by atoms with Crippen LogP contribution in [0.3, 0.4) is 0 Å². The quantitative estimate of drug-likeness (QED) is 0.743. The molecule has 2 aromatic carbocycles. The molecule has 1 aromatic heterocycles. The lowest BCUT2D eigenvalue weighted by Crippen LogP contribution is -2.30. The first-order chi connectivity index (χ1) is 11.9. The third kappa shape index (κ3) is 4.26. The van der Waals surface area contributed by atoms with E-state index >= 15 is 0 Å². The van der Waals surface area contributed by atoms with Gasteiger partial charge in [0.25, 0.3) is 15.9 Å². The molecule has 0 radical (unpaired) electrons. The highest BCUT2D eigenvalue weighted by Gasteiger charge is 2.18. The number of carbonyl (C=O) groups is 1. The van der Waals surface area contributed by atoms with Gasteiger partial charge in [-0.25, -0.2) is 13.1 Å². The minimum Gasteiger partial charge on any atom is -0.268 e. The van der Waals surface area contributed by atoms with Gasteiger partial charge in [-0.15, -0.1) is 0 Å². The summed E-state index contributed by atoms with van der Waals surface area (Å²) in [5, 5.41) is 4.52. The van der Waals surface area contributed by atoms with Gasteiger partial charge in [0, 0.05) is 23.0 Å². The zero-order chi connectivity index (χ0) is 17.9. The van der Waals surface area contributed by atoms with Crippen molar-refractivity contribution in [2.75, 3.05) is 0 Å². The van der Waals surface area contributed by atoms with Crippen molar-refractivity contribution < 1.29 is 13.2 Å². The molecule has 0 bridgehead atoms. The van der Waals surface area contributed by atoms with Crippen molar-refractivity contribution in [3.8, 4) is 0 Å². The summed E-state index contributed by atoms with van der Waals surface area (Å²) in [6, 6.07) is 14.1. The van der Waals surface area contributed by atoms with Crippen molar-refractivity contribution in [1.29, 1.82) is 0 Å². The van der Waals surface area contributed by atoms with Gasteiger partial charge in [-0.2, -0.15) is 5.10 Å². The highest BCUT2D eigenvalue weighted by Crippen LogP contribution is 2.14. The molecule has 1 amide bonds. The van der Waals surface area contributed by atoms with Gasteiger partial charge in [0.1, 0.15) is 0 Å². The van der Waals surface area contributed by atoms with Crippen LogP contribution in [0.4, 0.5) is 0 Å². The van der Waals surface area contributed by atoms with Crippen LogP contribution in [0, 0.1) is 0 Å². The molecule has 1 heterocycles. The second-order valence-corrected chi connectivity index (χ2v) is 7.41. The highest BCUT2D eigenvalue weighted by atomic mass is 35.5. The van der Waals surface area contributed by atoms with Crippen molar-refractivity contribution in [2.24, 2.45) is 0 Å². The summed E-state index contributed by atoms with van der Waals surface area (Å²) in [6.07, 6.45) is 3.52. The molecular formula is C17H14ClN3O3S. The van der Waals surface area contributed by atoms with Gasteiger partial charge in [0.05, 0.1) is 11.4 Å². The van der Waals surface area contributed by atoms with Crippen molar-refractivity contribution in [2.45, 2.75) is 11.4 Å². The van der Waals surface area contributed by atoms with E-state index in [1.807, 2.05) is 17.0 Å². The van der Waals surface area contributed by atoms with Crippen LogP contribution in [-0.2, 0) is 16.6 Å². The zero-order valence-corrected chi connectivity index (χ0v) is 14.5. The number of sulfonamides is 1. The third-order valence-electron chi connectivity index (χ3n) is 3.47. The summed E-state index contributed by atoms with van der Waals surface area (Å²) < 4.78 is 28.2. The molecule has 0 unspecified atom stereocenters. The number of rotatable bonds is 5. The number of benzene rings is 2. The molecule has 0 saturated heterocycles. The van der Waals surface area contributed by atoms with Gasteiger partial charge in [0.15, 0.2) is 0 Å². The monoisotopic (exact) mass is 375 g/mol. The maximum absolute atomic E-state index is 12.2. The van der Waals surface area contributed by atoms with E-state index in [0.29, 0.717) is 11.6 Å². The molecular weight excluding hydrogens is 362 g/mol. The lowest BCUT2D eigenvalue weighted by molar-refractivity contribution is 0.0981. The Hall–Kier alpha value is -2.64. The maximum atomic E-state index is 12.2. The van der Waals surface area contributed by atoms with Gasteiger partial charge in [-0.3, -0.25) is 9.48 Å². The summed E-state index contributed by atoms with van der Waals surface area (Å²) in [5.41, 5.74) is 1.20. The summed E-state index contributed by atoms with van der Waals surface area (Å²) in [6.45, 7) is 0.567. The number of carbonyl (C=O) groups excluding carboxylic acids is 1. The predicted octanol–water partition coefficient (Wildman–Crippen LogP) is 2.70. The highest BCUT2D eigenvalue weighted by molar-refractivity contribution is 7.90. The van der Waals surface area contributed by atoms with Crippen LogP contribution in [0.5, 0.6) is 0 Å². The van der Waals surface area contributed by atoms with Gasteiger partial charge >= 0.3 is 0 Å². The molecule has 0 aliphatic rings. The third-order valence-corrected chi connectivity index (χ3v) is 5.07. The van der Waals surface area contributed by atoms with E-state index < -0.39 is 15.9 Å². The summed E-state index contributed by atoms with van der Waals surface area (Å²) in [5.74, 6) is -0.694. The van der Waals surface area contributed by atoms with Crippen LogP contribution in [0.15, 0.2) is 71.9 Å². The van der Waals surface area contributed by atoms with E-state index in [0.717, 1.165) is 5.56 Å². The van der Waals surface area contributed by atoms with Crippen LogP contribution in [-0.4, -0.2) is 24.1 Å². The SMILES string of the molecule is O=C(NS(=O)(=O)c1ccc(Cl)cc1)c1ccc(Cn2cccn2)cc1. The average molecular weight is 376 g/mol. The summed E-state index contributed by atoms with van der Waals surface area (Å²) in [7, 11) is -3.95. The van der Waals surface area contributed by atoms with Gasteiger partial charge < -0.3 is 0 Å². The molecule has 0 aliphatic heterocycles. The fraction of sp³-hybridized carbons (Fsp3) is 0.0588. The van der Waals surface area contributed by atoms with Gasteiger partial charge in [-0.05, 0) is 48.0 Å². The molecule has 25 heavy (non-hydrogen) atoms. The average Bonchev–Trinajstić information content (AvgIpc) is 3.08. The Bertz CT molecular complexity index is 967. The lowest BCUT2D eigenvalue weighted by Gasteiger charge is -2.08. The Morgan fingerprint density at radius 3 is 2.36 bits per heavy atom. The minimum atomic E-state index is -3.95. The van der Waals surface area contributed by atoms with Crippen LogP contribution >= 0.6 is 11.6 Å². The summed E-state index contributed by atoms with van der Waals surface area (Å²) >= 11 is 5.74. The Kier molecular flexibility index (Phi) is 4.87. The van der Waals surface area contributed by atoms with Crippen molar-refractivity contribution in [1.82, 2.24) is 14.5 Å². The normalized spacial score (nSPS) is 11.2. The second-order valence-electron chi connectivity index (χ2n) is 5.29. The molecule has 1 N–H and O–H groups in total. The first kappa shape index (κ1) is 17.2. The number of halogens is 1. The molecule has 0 atom stereocenters. The molecule has 6 nitrogen and oxygen atoms in total. The van der Waals surface area contributed by atoms with E-state index in [4.69, 9.17) is 11.6 Å². The fourth-order valence-corrected chi connectivity index (χ4v) is 3.30. The number of nitrogens with one attached hydrogen (secondary N) is 1. The fourth-order valence-electron chi connectivity index (χ4n) is 2.20. The van der Waals surface area contributed by atoms with Gasteiger partial charge in [0.2, 0.25) is 0 Å². The number of amides is 1. The zero-order valence-electron chi connectivity index (χ0n) is 13.0. The van der Waals surface area contributed by atoms with E-state index in [-0.39, 0.29) is 10.5 Å². The lowest BCUT2D eigenvalue weighted by atomic mass is 10.1. The Balaban J connectivity index is 1.71. The molecule has 0 aliphatic carbocycles. The first-order valence-electron chi connectivity index (χ1n) is 7.33. The maximum Gasteiger partial charge on any atom is 0.264 e. The number of nitrogens with zero attached hydrogens (tertiary/aromatic N) is 2. The largest absolute Gasteiger partial charge is 0.268 e. The standard InChI is InChI=1S/C17H14ClN3O3S/c18-15-6-8-16(9-7-15)25(23,24)20-17(22)14-4-2-13(3-5-14)12-21-11-1-10-19-21/h1-11H,12H2,(H,20,22). The molecule has 3 rings (SSSR count). The Labute approximate surface area is 150 Å². The molecule has 128 valence electrons. The van der Waals surface area contributed by atoms with Crippen LogP contribution in [0.2, 0.25) is 5.02 Å². The van der Waals surface area contributed by atoms with Crippen LogP contribution in [0.1, 0.15) is 15.9 Å². The number of hydrogen-bond donors (Lipinski definition) is 1. The predicted molar refractivity (Wildman–Crippen MR) is 93.9 cm³/mol. The minimum absolute atomic E-state index is 0.0273.